The quantitative estimate of drug-likeness (QED) is 0.723. The number of amides is 2. The summed E-state index contributed by atoms with van der Waals surface area (Å²) in [5.74, 6) is -1.62. The predicted octanol–water partition coefficient (Wildman–Crippen LogP) is 3.56. The Balaban J connectivity index is 1.43. The summed E-state index contributed by atoms with van der Waals surface area (Å²) in [5, 5.41) is 2.68. The van der Waals surface area contributed by atoms with E-state index in [0.717, 1.165) is 17.2 Å². The summed E-state index contributed by atoms with van der Waals surface area (Å²) in [6.07, 6.45) is 4.85. The zero-order chi connectivity index (χ0) is 24.4. The van der Waals surface area contributed by atoms with E-state index in [2.05, 4.69) is 15.2 Å². The number of carbonyl (C=O) groups excluding carboxylic acids is 2. The van der Waals surface area contributed by atoms with Crippen molar-refractivity contribution in [1.82, 2.24) is 14.8 Å². The number of carbonyl (C=O) groups is 2. The lowest BCUT2D eigenvalue weighted by Gasteiger charge is -2.40. The van der Waals surface area contributed by atoms with E-state index in [0.29, 0.717) is 38.3 Å². The van der Waals surface area contributed by atoms with Crippen LogP contribution < -0.4 is 5.32 Å². The fraction of sp³-hybridized carbons (Fsp3) is 0.400. The van der Waals surface area contributed by atoms with Gasteiger partial charge in [0.05, 0.1) is 17.5 Å². The molecule has 2 aromatic rings. The number of aryl methyl sites for hydroxylation is 1. The van der Waals surface area contributed by atoms with E-state index in [1.807, 2.05) is 24.8 Å². The Hall–Kier alpha value is -3.33. The van der Waals surface area contributed by atoms with E-state index in [1.165, 1.54) is 25.3 Å². The topological polar surface area (TPSA) is 74.8 Å². The lowest BCUT2D eigenvalue weighted by atomic mass is 10.0. The van der Waals surface area contributed by atoms with Gasteiger partial charge in [-0.15, -0.1) is 0 Å². The molecule has 0 saturated carbocycles. The molecule has 1 fully saturated rings. The van der Waals surface area contributed by atoms with Crippen molar-refractivity contribution in [2.45, 2.75) is 45.9 Å². The summed E-state index contributed by atoms with van der Waals surface area (Å²) < 4.78 is 33.6. The Kier molecular flexibility index (Phi) is 6.92. The highest BCUT2D eigenvalue weighted by atomic mass is 19.1. The maximum absolute atomic E-state index is 14.4. The van der Waals surface area contributed by atoms with Crippen LogP contribution in [0.5, 0.6) is 0 Å². The van der Waals surface area contributed by atoms with Gasteiger partial charge in [0.15, 0.2) is 6.10 Å². The SMILES string of the molecule is Cc1ncc(C(=O)Nc2cc(F)cc(CN3CCN(C(=O)[C@H]4CC=CO4)[C@@H](C)C3)c2C)cc1F. The number of benzene rings is 1. The average molecular weight is 471 g/mol. The number of anilines is 1. The summed E-state index contributed by atoms with van der Waals surface area (Å²) in [4.78, 5) is 33.2. The molecule has 0 aliphatic carbocycles. The van der Waals surface area contributed by atoms with Crippen LogP contribution in [0.2, 0.25) is 0 Å². The molecule has 3 heterocycles. The number of piperazine rings is 1. The summed E-state index contributed by atoms with van der Waals surface area (Å²) in [5.41, 5.74) is 2.05. The van der Waals surface area contributed by atoms with E-state index in [1.54, 1.807) is 6.26 Å². The first-order chi connectivity index (χ1) is 16.2. The van der Waals surface area contributed by atoms with Gasteiger partial charge in [0, 0.05) is 50.5 Å². The van der Waals surface area contributed by atoms with Crippen LogP contribution in [-0.2, 0) is 16.1 Å². The van der Waals surface area contributed by atoms with Gasteiger partial charge in [0.2, 0.25) is 0 Å². The molecular formula is C25H28F2N4O3. The molecule has 0 spiro atoms. The van der Waals surface area contributed by atoms with Gasteiger partial charge in [0.25, 0.3) is 11.8 Å². The van der Waals surface area contributed by atoms with E-state index < -0.39 is 23.6 Å². The van der Waals surface area contributed by atoms with Crippen LogP contribution in [0.3, 0.4) is 0 Å². The highest BCUT2D eigenvalue weighted by Crippen LogP contribution is 2.25. The summed E-state index contributed by atoms with van der Waals surface area (Å²) in [7, 11) is 0. The molecule has 0 unspecified atom stereocenters. The third-order valence-electron chi connectivity index (χ3n) is 6.37. The Morgan fingerprint density at radius 1 is 1.21 bits per heavy atom. The minimum atomic E-state index is -0.577. The molecule has 180 valence electrons. The molecule has 1 aromatic heterocycles. The van der Waals surface area contributed by atoms with Crippen LogP contribution in [0.15, 0.2) is 36.7 Å². The number of ether oxygens (including phenoxy) is 1. The van der Waals surface area contributed by atoms with Gasteiger partial charge in [-0.1, -0.05) is 0 Å². The van der Waals surface area contributed by atoms with Gasteiger partial charge in [-0.25, -0.2) is 8.78 Å². The van der Waals surface area contributed by atoms with Crippen molar-refractivity contribution in [3.05, 3.63) is 70.8 Å². The van der Waals surface area contributed by atoms with Gasteiger partial charge in [-0.05, 0) is 56.2 Å². The number of hydrogen-bond donors (Lipinski definition) is 1. The first-order valence-corrected chi connectivity index (χ1v) is 11.3. The van der Waals surface area contributed by atoms with Gasteiger partial charge >= 0.3 is 0 Å². The molecule has 1 N–H and O–H groups in total. The van der Waals surface area contributed by atoms with Gasteiger partial charge in [-0.2, -0.15) is 0 Å². The monoisotopic (exact) mass is 470 g/mol. The van der Waals surface area contributed by atoms with Gasteiger partial charge < -0.3 is 15.0 Å². The first kappa shape index (κ1) is 23.8. The molecule has 2 aliphatic heterocycles. The van der Waals surface area contributed by atoms with Crippen molar-refractivity contribution in [2.75, 3.05) is 25.0 Å². The molecular weight excluding hydrogens is 442 g/mol. The smallest absolute Gasteiger partial charge is 0.264 e. The summed E-state index contributed by atoms with van der Waals surface area (Å²) >= 11 is 0. The standard InChI is InChI=1S/C25H28F2N4O3/c1-15-13-30(6-7-31(15)25(33)23-5-4-8-34-23)14-19-9-20(26)11-22(16(19)2)29-24(32)18-10-21(27)17(3)28-12-18/h4,8-12,15,23H,5-7,13-14H2,1-3H3,(H,29,32)/t15-,23+/m0/s1. The Morgan fingerprint density at radius 2 is 2.00 bits per heavy atom. The fourth-order valence-electron chi connectivity index (χ4n) is 4.33. The third-order valence-corrected chi connectivity index (χ3v) is 6.37. The van der Waals surface area contributed by atoms with Gasteiger partial charge in [-0.3, -0.25) is 19.5 Å². The van der Waals surface area contributed by atoms with Crippen LogP contribution in [0.1, 0.15) is 40.5 Å². The maximum Gasteiger partial charge on any atom is 0.264 e. The van der Waals surface area contributed by atoms with E-state index in [-0.39, 0.29) is 23.2 Å². The largest absolute Gasteiger partial charge is 0.488 e. The summed E-state index contributed by atoms with van der Waals surface area (Å²) in [6.45, 7) is 7.62. The van der Waals surface area contributed by atoms with Crippen molar-refractivity contribution in [1.29, 1.82) is 0 Å². The second-order valence-corrected chi connectivity index (χ2v) is 8.83. The minimum Gasteiger partial charge on any atom is -0.488 e. The molecule has 2 amide bonds. The zero-order valence-electron chi connectivity index (χ0n) is 19.5. The number of rotatable bonds is 5. The fourth-order valence-corrected chi connectivity index (χ4v) is 4.33. The zero-order valence-corrected chi connectivity index (χ0v) is 19.5. The van der Waals surface area contributed by atoms with Gasteiger partial charge in [0.1, 0.15) is 11.6 Å². The number of hydrogen-bond acceptors (Lipinski definition) is 5. The molecule has 7 nitrogen and oxygen atoms in total. The molecule has 9 heteroatoms. The third kappa shape index (κ3) is 5.09. The Morgan fingerprint density at radius 3 is 2.68 bits per heavy atom. The number of halogens is 2. The molecule has 34 heavy (non-hydrogen) atoms. The normalized spacial score (nSPS) is 20.3. The molecule has 2 aliphatic rings. The molecule has 1 aromatic carbocycles. The van der Waals surface area contributed by atoms with Crippen LogP contribution in [0.25, 0.3) is 0 Å². The molecule has 4 rings (SSSR count). The van der Waals surface area contributed by atoms with Crippen molar-refractivity contribution < 1.29 is 23.1 Å². The van der Waals surface area contributed by atoms with Crippen LogP contribution in [0.4, 0.5) is 14.5 Å². The van der Waals surface area contributed by atoms with Crippen molar-refractivity contribution in [3.8, 4) is 0 Å². The van der Waals surface area contributed by atoms with Crippen molar-refractivity contribution >= 4 is 17.5 Å². The second-order valence-electron chi connectivity index (χ2n) is 8.83. The van der Waals surface area contributed by atoms with E-state index >= 15 is 0 Å². The Labute approximate surface area is 197 Å². The Bertz CT molecular complexity index is 1130. The van der Waals surface area contributed by atoms with Crippen molar-refractivity contribution in [3.63, 3.8) is 0 Å². The predicted molar refractivity (Wildman–Crippen MR) is 123 cm³/mol. The molecule has 0 bridgehead atoms. The number of pyridine rings is 1. The molecule has 1 saturated heterocycles. The van der Waals surface area contributed by atoms with E-state index in [9.17, 15) is 18.4 Å². The number of nitrogens with zero attached hydrogens (tertiary/aromatic N) is 3. The lowest BCUT2D eigenvalue weighted by Crippen LogP contribution is -2.55. The highest BCUT2D eigenvalue weighted by molar-refractivity contribution is 6.04. The molecule has 2 atom stereocenters. The number of aromatic nitrogens is 1. The number of nitrogens with one attached hydrogen (secondary N) is 1. The maximum atomic E-state index is 14.4. The molecule has 0 radical (unpaired) electrons. The van der Waals surface area contributed by atoms with Crippen LogP contribution in [-0.4, -0.2) is 58.4 Å². The average Bonchev–Trinajstić information content (AvgIpc) is 3.33. The minimum absolute atomic E-state index is 0.00822. The first-order valence-electron chi connectivity index (χ1n) is 11.3. The second kappa shape index (κ2) is 9.89. The van der Waals surface area contributed by atoms with Crippen LogP contribution >= 0.6 is 0 Å². The van der Waals surface area contributed by atoms with Crippen LogP contribution in [0, 0.1) is 25.5 Å². The van der Waals surface area contributed by atoms with E-state index in [4.69, 9.17) is 4.74 Å². The lowest BCUT2D eigenvalue weighted by molar-refractivity contribution is -0.144. The summed E-state index contributed by atoms with van der Waals surface area (Å²) in [6, 6.07) is 3.81. The highest BCUT2D eigenvalue weighted by Gasteiger charge is 2.33. The van der Waals surface area contributed by atoms with Crippen molar-refractivity contribution in [2.24, 2.45) is 0 Å².